The largest absolute Gasteiger partial charge is 0.480 e. The number of hydrogen-bond acceptors (Lipinski definition) is 7. The highest BCUT2D eigenvalue weighted by Gasteiger charge is 2.29. The quantitative estimate of drug-likeness (QED) is 0.190. The summed E-state index contributed by atoms with van der Waals surface area (Å²) in [5.41, 5.74) is 7.00. The minimum Gasteiger partial charge on any atom is -0.480 e. The van der Waals surface area contributed by atoms with Crippen molar-refractivity contribution in [2.24, 2.45) is 5.73 Å². The number of carboxylic acids is 1. The van der Waals surface area contributed by atoms with Crippen LogP contribution >= 0.6 is 24.4 Å². The van der Waals surface area contributed by atoms with Gasteiger partial charge in [0, 0.05) is 29.3 Å². The van der Waals surface area contributed by atoms with Crippen molar-refractivity contribution in [2.45, 2.75) is 31.0 Å². The van der Waals surface area contributed by atoms with Crippen LogP contribution in [0.15, 0.2) is 30.5 Å². The molecule has 0 aliphatic carbocycles. The number of fused-ring (bicyclic) bond motifs is 1. The summed E-state index contributed by atoms with van der Waals surface area (Å²) in [6, 6.07) is 4.32. The van der Waals surface area contributed by atoms with Crippen LogP contribution in [-0.2, 0) is 25.6 Å². The average Bonchev–Trinajstić information content (AvgIpc) is 3.21. The lowest BCUT2D eigenvalue weighted by Gasteiger charge is -2.24. The molecule has 1 aromatic heterocycles. The number of nitrogens with two attached hydrogens (primary N) is 1. The van der Waals surface area contributed by atoms with E-state index in [1.807, 2.05) is 30.5 Å². The molecule has 3 amide bonds. The van der Waals surface area contributed by atoms with E-state index in [-0.39, 0.29) is 18.7 Å². The summed E-state index contributed by atoms with van der Waals surface area (Å²) < 4.78 is 0. The highest BCUT2D eigenvalue weighted by Crippen LogP contribution is 2.19. The molecule has 10 nitrogen and oxygen atoms in total. The van der Waals surface area contributed by atoms with Gasteiger partial charge in [0.05, 0.1) is 6.54 Å². The number of hydrogen-bond donors (Lipinski definition) is 7. The van der Waals surface area contributed by atoms with Crippen molar-refractivity contribution < 1.29 is 24.3 Å². The second-order valence-corrected chi connectivity index (χ2v) is 8.66. The van der Waals surface area contributed by atoms with Gasteiger partial charge in [0.2, 0.25) is 17.7 Å². The van der Waals surface area contributed by atoms with E-state index in [9.17, 15) is 24.3 Å². The van der Waals surface area contributed by atoms with Crippen molar-refractivity contribution in [3.63, 3.8) is 0 Å². The SMILES string of the molecule is CSCCC(NC(=O)CN)C(=O)NC(Cc1c[nH]c2ccccc12)C(=O)NC(CS)C(=O)O. The predicted octanol–water partition coefficient (Wildman–Crippen LogP) is -0.109. The summed E-state index contributed by atoms with van der Waals surface area (Å²) in [5.74, 6) is -2.45. The molecule has 3 atom stereocenters. The van der Waals surface area contributed by atoms with Gasteiger partial charge in [-0.1, -0.05) is 18.2 Å². The van der Waals surface area contributed by atoms with Crippen LogP contribution in [0, 0.1) is 0 Å². The van der Waals surface area contributed by atoms with Gasteiger partial charge >= 0.3 is 5.97 Å². The fourth-order valence-corrected chi connectivity index (χ4v) is 3.94. The van der Waals surface area contributed by atoms with Crippen molar-refractivity contribution in [2.75, 3.05) is 24.3 Å². The topological polar surface area (TPSA) is 166 Å². The number of carbonyl (C=O) groups is 4. The Balaban J connectivity index is 2.27. The number of amides is 3. The highest BCUT2D eigenvalue weighted by atomic mass is 32.2. The Labute approximate surface area is 201 Å². The molecular weight excluding hydrogens is 466 g/mol. The zero-order valence-corrected chi connectivity index (χ0v) is 19.9. The van der Waals surface area contributed by atoms with E-state index in [4.69, 9.17) is 5.73 Å². The van der Waals surface area contributed by atoms with Crippen LogP contribution in [0.4, 0.5) is 0 Å². The van der Waals surface area contributed by atoms with E-state index in [0.29, 0.717) is 12.2 Å². The molecular formula is C21H29N5O5S2. The van der Waals surface area contributed by atoms with Gasteiger partial charge in [-0.3, -0.25) is 14.4 Å². The number of thiol groups is 1. The maximum absolute atomic E-state index is 13.0. The maximum Gasteiger partial charge on any atom is 0.327 e. The molecule has 180 valence electrons. The smallest absolute Gasteiger partial charge is 0.327 e. The molecule has 0 saturated carbocycles. The summed E-state index contributed by atoms with van der Waals surface area (Å²) in [4.78, 5) is 52.3. The first kappa shape index (κ1) is 26.6. The lowest BCUT2D eigenvalue weighted by molar-refractivity contribution is -0.141. The third-order valence-corrected chi connectivity index (χ3v) is 5.99. The molecule has 7 N–H and O–H groups in total. The lowest BCUT2D eigenvalue weighted by Crippen LogP contribution is -2.57. The minimum atomic E-state index is -1.23. The zero-order chi connectivity index (χ0) is 24.4. The van der Waals surface area contributed by atoms with E-state index in [1.165, 1.54) is 11.8 Å². The van der Waals surface area contributed by atoms with Gasteiger partial charge in [0.25, 0.3) is 0 Å². The molecule has 1 aromatic carbocycles. The second-order valence-electron chi connectivity index (χ2n) is 7.31. The van der Waals surface area contributed by atoms with Gasteiger partial charge in [0.15, 0.2) is 0 Å². The molecule has 12 heteroatoms. The van der Waals surface area contributed by atoms with Gasteiger partial charge in [-0.25, -0.2) is 4.79 Å². The summed E-state index contributed by atoms with van der Waals surface area (Å²) in [7, 11) is 0. The normalized spacial score (nSPS) is 13.7. The lowest BCUT2D eigenvalue weighted by atomic mass is 10.0. The third-order valence-electron chi connectivity index (χ3n) is 4.98. The van der Waals surface area contributed by atoms with Crippen LogP contribution in [0.2, 0.25) is 0 Å². The first-order valence-electron chi connectivity index (χ1n) is 10.3. The van der Waals surface area contributed by atoms with Crippen LogP contribution in [0.1, 0.15) is 12.0 Å². The Hall–Kier alpha value is -2.70. The Bertz CT molecular complexity index is 983. The standard InChI is InChI=1S/C21H29N5O5S2/c1-33-7-6-15(24-18(27)9-22)19(28)25-16(20(29)26-17(11-32)21(30)31)8-12-10-23-14-5-3-2-4-13(12)14/h2-5,10,15-17,23,32H,6-9,11,22H2,1H3,(H,24,27)(H,25,28)(H,26,29)(H,30,31). The van der Waals surface area contributed by atoms with Crippen molar-refractivity contribution in [3.8, 4) is 0 Å². The van der Waals surface area contributed by atoms with Crippen LogP contribution in [0.3, 0.4) is 0 Å². The highest BCUT2D eigenvalue weighted by molar-refractivity contribution is 7.98. The van der Waals surface area contributed by atoms with E-state index >= 15 is 0 Å². The monoisotopic (exact) mass is 495 g/mol. The molecule has 2 rings (SSSR count). The molecule has 0 radical (unpaired) electrons. The number of aromatic amines is 1. The Morgan fingerprint density at radius 1 is 1.09 bits per heavy atom. The number of rotatable bonds is 13. The Morgan fingerprint density at radius 3 is 2.39 bits per heavy atom. The van der Waals surface area contributed by atoms with E-state index in [2.05, 4.69) is 33.6 Å². The van der Waals surface area contributed by atoms with Crippen molar-refractivity contribution in [1.29, 1.82) is 0 Å². The Kier molecular flexibility index (Phi) is 10.6. The Morgan fingerprint density at radius 2 is 1.76 bits per heavy atom. The van der Waals surface area contributed by atoms with Crippen LogP contribution in [0.25, 0.3) is 10.9 Å². The van der Waals surface area contributed by atoms with Crippen LogP contribution < -0.4 is 21.7 Å². The van der Waals surface area contributed by atoms with Crippen molar-refractivity contribution in [1.82, 2.24) is 20.9 Å². The summed E-state index contributed by atoms with van der Waals surface area (Å²) in [5, 5.41) is 17.8. The number of carbonyl (C=O) groups excluding carboxylic acids is 3. The fraction of sp³-hybridized carbons (Fsp3) is 0.429. The molecule has 0 bridgehead atoms. The van der Waals surface area contributed by atoms with Crippen molar-refractivity contribution >= 4 is 59.0 Å². The molecule has 33 heavy (non-hydrogen) atoms. The number of H-pyrrole nitrogens is 1. The van der Waals surface area contributed by atoms with E-state index in [0.717, 1.165) is 16.5 Å². The molecule has 0 aliphatic heterocycles. The fourth-order valence-electron chi connectivity index (χ4n) is 3.22. The zero-order valence-electron chi connectivity index (χ0n) is 18.2. The third kappa shape index (κ3) is 7.69. The summed E-state index contributed by atoms with van der Waals surface area (Å²) in [6.45, 7) is -0.273. The average molecular weight is 496 g/mol. The number of benzene rings is 1. The molecule has 3 unspecified atom stereocenters. The molecule has 0 spiro atoms. The van der Waals surface area contributed by atoms with Crippen LogP contribution in [-0.4, -0.2) is 76.2 Å². The van der Waals surface area contributed by atoms with Gasteiger partial charge in [-0.2, -0.15) is 24.4 Å². The second kappa shape index (κ2) is 13.1. The number of nitrogens with one attached hydrogen (secondary N) is 4. The van der Waals surface area contributed by atoms with Gasteiger partial charge in [-0.05, 0) is 30.1 Å². The molecule has 2 aromatic rings. The van der Waals surface area contributed by atoms with Gasteiger partial charge in [-0.15, -0.1) is 0 Å². The number of aliphatic carboxylic acids is 1. The number of aromatic nitrogens is 1. The summed E-state index contributed by atoms with van der Waals surface area (Å²) >= 11 is 5.48. The molecule has 0 saturated heterocycles. The molecule has 1 heterocycles. The number of carboxylic acid groups (broad SMARTS) is 1. The maximum atomic E-state index is 13.0. The number of para-hydroxylation sites is 1. The van der Waals surface area contributed by atoms with E-state index in [1.54, 1.807) is 6.20 Å². The molecule has 0 fully saturated rings. The van der Waals surface area contributed by atoms with Gasteiger partial charge in [0.1, 0.15) is 18.1 Å². The van der Waals surface area contributed by atoms with Crippen molar-refractivity contribution in [3.05, 3.63) is 36.0 Å². The first-order valence-corrected chi connectivity index (χ1v) is 12.3. The minimum absolute atomic E-state index is 0.112. The molecule has 0 aliphatic rings. The number of thioether (sulfide) groups is 1. The first-order chi connectivity index (χ1) is 15.8. The van der Waals surface area contributed by atoms with E-state index < -0.39 is 41.8 Å². The van der Waals surface area contributed by atoms with Gasteiger partial charge < -0.3 is 31.8 Å². The summed E-state index contributed by atoms with van der Waals surface area (Å²) in [6.07, 6.45) is 4.07. The van der Waals surface area contributed by atoms with Crippen LogP contribution in [0.5, 0.6) is 0 Å². The predicted molar refractivity (Wildman–Crippen MR) is 131 cm³/mol.